The van der Waals surface area contributed by atoms with E-state index in [1.165, 1.54) is 13.3 Å². The lowest BCUT2D eigenvalue weighted by molar-refractivity contribution is -0.120. The second-order valence-electron chi connectivity index (χ2n) is 9.04. The molecule has 0 bridgehead atoms. The summed E-state index contributed by atoms with van der Waals surface area (Å²) in [4.78, 5) is 29.0. The second-order valence-corrected chi connectivity index (χ2v) is 9.04. The molecule has 2 aromatic carbocycles. The van der Waals surface area contributed by atoms with Gasteiger partial charge in [0.05, 0.1) is 42.7 Å². The van der Waals surface area contributed by atoms with Gasteiger partial charge in [-0.25, -0.2) is 9.48 Å². The maximum absolute atomic E-state index is 12.8. The van der Waals surface area contributed by atoms with E-state index in [1.807, 2.05) is 67.1 Å². The van der Waals surface area contributed by atoms with Gasteiger partial charge in [-0.2, -0.15) is 5.10 Å². The molecule has 1 atom stereocenters. The number of benzene rings is 2. The molecule has 8 nitrogen and oxygen atoms in total. The van der Waals surface area contributed by atoms with Crippen molar-refractivity contribution in [3.05, 3.63) is 94.9 Å². The highest BCUT2D eigenvalue weighted by atomic mass is 16.5. The number of nitrogens with one attached hydrogen (secondary N) is 1. The maximum atomic E-state index is 12.8. The second kappa shape index (κ2) is 10.3. The molecular formula is C29H28N4O4. The Balaban J connectivity index is 1.23. The lowest BCUT2D eigenvalue weighted by atomic mass is 10.0. The normalized spacial score (nSPS) is 14.1. The number of hydrogen-bond acceptors (Lipinski definition) is 6. The quantitative estimate of drug-likeness (QED) is 0.389. The Hall–Kier alpha value is -4.46. The van der Waals surface area contributed by atoms with Crippen molar-refractivity contribution in [1.29, 1.82) is 0 Å². The fourth-order valence-electron chi connectivity index (χ4n) is 4.65. The molecule has 0 saturated heterocycles. The highest BCUT2D eigenvalue weighted by molar-refractivity contribution is 5.89. The summed E-state index contributed by atoms with van der Waals surface area (Å²) in [6.07, 6.45) is 2.26. The van der Waals surface area contributed by atoms with Crippen LogP contribution in [0, 0.1) is 13.8 Å². The summed E-state index contributed by atoms with van der Waals surface area (Å²) in [5.74, 6) is 0.261. The van der Waals surface area contributed by atoms with Crippen molar-refractivity contribution in [2.45, 2.75) is 32.8 Å². The summed E-state index contributed by atoms with van der Waals surface area (Å²) in [6, 6.07) is 19.3. The predicted octanol–water partition coefficient (Wildman–Crippen LogP) is 4.00. The van der Waals surface area contributed by atoms with Crippen LogP contribution >= 0.6 is 0 Å². The number of amides is 1. The monoisotopic (exact) mass is 496 g/mol. The van der Waals surface area contributed by atoms with E-state index in [0.717, 1.165) is 39.5 Å². The highest BCUT2D eigenvalue weighted by Crippen LogP contribution is 2.38. The van der Waals surface area contributed by atoms with Crippen LogP contribution in [0.15, 0.2) is 66.9 Å². The Morgan fingerprint density at radius 3 is 2.62 bits per heavy atom. The summed E-state index contributed by atoms with van der Waals surface area (Å²) in [5, 5.41) is 7.67. The van der Waals surface area contributed by atoms with E-state index >= 15 is 0 Å². The van der Waals surface area contributed by atoms with Gasteiger partial charge in [0.25, 0.3) is 0 Å². The fourth-order valence-corrected chi connectivity index (χ4v) is 4.65. The van der Waals surface area contributed by atoms with Crippen LogP contribution in [-0.2, 0) is 22.4 Å². The number of methoxy groups -OCH3 is 1. The molecule has 1 N–H and O–H groups in total. The lowest BCUT2D eigenvalue weighted by Gasteiger charge is -2.14. The number of carbonyl (C=O) groups excluding carboxylic acids is 2. The van der Waals surface area contributed by atoms with E-state index in [2.05, 4.69) is 15.4 Å². The Morgan fingerprint density at radius 1 is 1.08 bits per heavy atom. The Labute approximate surface area is 215 Å². The summed E-state index contributed by atoms with van der Waals surface area (Å²) in [6.45, 7) is 4.31. The van der Waals surface area contributed by atoms with Crippen molar-refractivity contribution in [3.8, 4) is 22.7 Å². The van der Waals surface area contributed by atoms with Gasteiger partial charge in [0.2, 0.25) is 5.91 Å². The molecule has 1 aliphatic heterocycles. The number of aromatic nitrogens is 3. The van der Waals surface area contributed by atoms with Gasteiger partial charge in [0.15, 0.2) is 0 Å². The summed E-state index contributed by atoms with van der Waals surface area (Å²) >= 11 is 0. The third kappa shape index (κ3) is 4.95. The van der Waals surface area contributed by atoms with Gasteiger partial charge in [-0.05, 0) is 49.7 Å². The molecule has 8 heteroatoms. The van der Waals surface area contributed by atoms with E-state index < -0.39 is 5.97 Å². The molecule has 0 fully saturated rings. The topological polar surface area (TPSA) is 95.3 Å². The van der Waals surface area contributed by atoms with Crippen LogP contribution in [0.4, 0.5) is 0 Å². The largest absolute Gasteiger partial charge is 0.487 e. The molecule has 5 rings (SSSR count). The zero-order valence-corrected chi connectivity index (χ0v) is 21.0. The predicted molar refractivity (Wildman–Crippen MR) is 139 cm³/mol. The molecule has 37 heavy (non-hydrogen) atoms. The van der Waals surface area contributed by atoms with E-state index in [0.29, 0.717) is 24.2 Å². The van der Waals surface area contributed by atoms with Crippen molar-refractivity contribution < 1.29 is 19.1 Å². The lowest BCUT2D eigenvalue weighted by Crippen LogP contribution is -2.35. The van der Waals surface area contributed by atoms with Crippen molar-refractivity contribution in [3.63, 3.8) is 0 Å². The zero-order chi connectivity index (χ0) is 25.9. The van der Waals surface area contributed by atoms with Gasteiger partial charge in [0, 0.05) is 29.4 Å². The molecule has 0 spiro atoms. The van der Waals surface area contributed by atoms with Crippen LogP contribution in [0.1, 0.15) is 32.9 Å². The van der Waals surface area contributed by atoms with E-state index in [4.69, 9.17) is 9.47 Å². The van der Waals surface area contributed by atoms with Gasteiger partial charge in [-0.15, -0.1) is 0 Å². The maximum Gasteiger partial charge on any atom is 0.339 e. The Kier molecular flexibility index (Phi) is 6.72. The molecule has 1 aliphatic rings. The number of esters is 1. The van der Waals surface area contributed by atoms with Crippen LogP contribution < -0.4 is 10.1 Å². The van der Waals surface area contributed by atoms with Gasteiger partial charge in [-0.1, -0.05) is 30.3 Å². The molecule has 0 radical (unpaired) electrons. The van der Waals surface area contributed by atoms with Crippen LogP contribution in [0.2, 0.25) is 0 Å². The van der Waals surface area contributed by atoms with Crippen molar-refractivity contribution in [1.82, 2.24) is 20.1 Å². The minimum absolute atomic E-state index is 0.0707. The number of aryl methyl sites for hydroxylation is 1. The number of rotatable bonds is 7. The minimum Gasteiger partial charge on any atom is -0.487 e. The average Bonchev–Trinajstić information content (AvgIpc) is 3.48. The first kappa shape index (κ1) is 24.2. The third-order valence-electron chi connectivity index (χ3n) is 6.60. The zero-order valence-electron chi connectivity index (χ0n) is 21.0. The number of nitrogens with zero attached hydrogens (tertiary/aromatic N) is 3. The smallest absolute Gasteiger partial charge is 0.339 e. The molecule has 0 saturated carbocycles. The standard InChI is InChI=1S/C29H28N4O4/c1-18-25(19(2)33(32-18)22-9-5-4-6-10-22)15-27(34)31-17-23-14-20-8-7-11-24(28(20)37-23)26-13-12-21(16-30-26)29(35)36-3/h4-13,16,23H,14-15,17H2,1-3H3,(H,31,34). The van der Waals surface area contributed by atoms with Crippen molar-refractivity contribution >= 4 is 11.9 Å². The van der Waals surface area contributed by atoms with Crippen molar-refractivity contribution in [2.75, 3.05) is 13.7 Å². The van der Waals surface area contributed by atoms with Crippen LogP contribution in [0.25, 0.3) is 16.9 Å². The Bertz CT molecular complexity index is 1450. The average molecular weight is 497 g/mol. The number of fused-ring (bicyclic) bond motifs is 1. The van der Waals surface area contributed by atoms with Gasteiger partial charge in [-0.3, -0.25) is 9.78 Å². The number of carbonyl (C=O) groups is 2. The fraction of sp³-hybridized carbons (Fsp3) is 0.241. The SMILES string of the molecule is COC(=O)c1ccc(-c2cccc3c2OC(CNC(=O)Cc2c(C)nn(-c4ccccc4)c2C)C3)nc1. The van der Waals surface area contributed by atoms with E-state index in [1.54, 1.807) is 12.1 Å². The van der Waals surface area contributed by atoms with E-state index in [-0.39, 0.29) is 18.4 Å². The molecule has 2 aromatic heterocycles. The van der Waals surface area contributed by atoms with Gasteiger partial charge in [0.1, 0.15) is 11.9 Å². The van der Waals surface area contributed by atoms with Crippen molar-refractivity contribution in [2.24, 2.45) is 0 Å². The molecular weight excluding hydrogens is 468 g/mol. The summed E-state index contributed by atoms with van der Waals surface area (Å²) < 4.78 is 12.9. The number of hydrogen-bond donors (Lipinski definition) is 1. The van der Waals surface area contributed by atoms with Gasteiger partial charge >= 0.3 is 5.97 Å². The first-order valence-electron chi connectivity index (χ1n) is 12.1. The third-order valence-corrected chi connectivity index (χ3v) is 6.60. The highest BCUT2D eigenvalue weighted by Gasteiger charge is 2.27. The summed E-state index contributed by atoms with van der Waals surface area (Å²) in [7, 11) is 1.34. The molecule has 1 unspecified atom stereocenters. The molecule has 188 valence electrons. The molecule has 1 amide bonds. The molecule has 0 aliphatic carbocycles. The first-order valence-corrected chi connectivity index (χ1v) is 12.1. The minimum atomic E-state index is -0.429. The number of ether oxygens (including phenoxy) is 2. The van der Waals surface area contributed by atoms with Crippen LogP contribution in [-0.4, -0.2) is 46.4 Å². The molecule has 3 heterocycles. The number of pyridine rings is 1. The van der Waals surface area contributed by atoms with E-state index in [9.17, 15) is 9.59 Å². The van der Waals surface area contributed by atoms with Crippen LogP contribution in [0.5, 0.6) is 5.75 Å². The molecule has 4 aromatic rings. The number of para-hydroxylation sites is 2. The summed E-state index contributed by atoms with van der Waals surface area (Å²) in [5.41, 5.74) is 6.71. The first-order chi connectivity index (χ1) is 17.9. The van der Waals surface area contributed by atoms with Crippen LogP contribution in [0.3, 0.4) is 0 Å². The van der Waals surface area contributed by atoms with Gasteiger partial charge < -0.3 is 14.8 Å². The Morgan fingerprint density at radius 2 is 1.89 bits per heavy atom.